The van der Waals surface area contributed by atoms with Crippen molar-refractivity contribution in [3.8, 4) is 0 Å². The number of aliphatic carboxylic acids is 1. The number of carboxylic acids is 1. The van der Waals surface area contributed by atoms with Crippen LogP contribution >= 0.6 is 0 Å². The summed E-state index contributed by atoms with van der Waals surface area (Å²) in [6, 6.07) is 0. The van der Waals surface area contributed by atoms with Crippen LogP contribution in [0, 0.1) is 0 Å². The summed E-state index contributed by atoms with van der Waals surface area (Å²) < 4.78 is 9.83. The van der Waals surface area contributed by atoms with Crippen LogP contribution in [-0.4, -0.2) is 59.3 Å². The van der Waals surface area contributed by atoms with E-state index in [9.17, 15) is 14.4 Å². The Morgan fingerprint density at radius 2 is 1.57 bits per heavy atom. The van der Waals surface area contributed by atoms with Gasteiger partial charge in [-0.3, -0.25) is 9.59 Å². The van der Waals surface area contributed by atoms with Crippen LogP contribution in [0.3, 0.4) is 0 Å². The number of unbranched alkanes of at least 4 members (excludes halogenated alkanes) is 2. The fraction of sp³-hybridized carbons (Fsp3) is 0.643. The molecule has 6 nitrogen and oxygen atoms in total. The predicted octanol–water partition coefficient (Wildman–Crippen LogP) is 1.92. The molecule has 0 amide bonds. The van der Waals surface area contributed by atoms with Crippen molar-refractivity contribution in [2.24, 2.45) is 0 Å². The number of carbonyl (C=O) groups excluding carboxylic acids is 2. The van der Waals surface area contributed by atoms with E-state index in [1.165, 1.54) is 6.08 Å². The quantitative estimate of drug-likeness (QED) is 0.271. The summed E-state index contributed by atoms with van der Waals surface area (Å²) >= 11 is 0. The van der Waals surface area contributed by atoms with Gasteiger partial charge in [0, 0.05) is 18.9 Å². The molecular formula is C14H24MgO6. The van der Waals surface area contributed by atoms with E-state index in [2.05, 4.69) is 0 Å². The van der Waals surface area contributed by atoms with Gasteiger partial charge in [0.2, 0.25) is 0 Å². The minimum absolute atomic E-state index is 0. The zero-order valence-electron chi connectivity index (χ0n) is 14.5. The minimum atomic E-state index is -0.856. The summed E-state index contributed by atoms with van der Waals surface area (Å²) in [5, 5.41) is 8.42. The molecule has 0 aromatic carbocycles. The van der Waals surface area contributed by atoms with Crippen LogP contribution in [0.2, 0.25) is 0 Å². The van der Waals surface area contributed by atoms with Crippen LogP contribution < -0.4 is 0 Å². The molecule has 118 valence electrons. The number of carboxylic acid groups (broad SMARTS) is 1. The molecule has 0 aliphatic heterocycles. The van der Waals surface area contributed by atoms with Crippen molar-refractivity contribution in [3.63, 3.8) is 0 Å². The molecule has 21 heavy (non-hydrogen) atoms. The van der Waals surface area contributed by atoms with Crippen molar-refractivity contribution in [1.82, 2.24) is 0 Å². The zero-order valence-corrected chi connectivity index (χ0v) is 13.9. The summed E-state index contributed by atoms with van der Waals surface area (Å²) in [6.45, 7) is 2.33. The second-order valence-electron chi connectivity index (χ2n) is 4.20. The molecular weight excluding hydrogens is 288 g/mol. The van der Waals surface area contributed by atoms with E-state index in [0.29, 0.717) is 38.9 Å². The third kappa shape index (κ3) is 16.9. The average molecular weight is 313 g/mol. The topological polar surface area (TPSA) is 89.9 Å². The van der Waals surface area contributed by atoms with Crippen LogP contribution in [0.15, 0.2) is 12.2 Å². The molecule has 0 rings (SSSR count). The van der Waals surface area contributed by atoms with Gasteiger partial charge in [-0.05, 0) is 32.6 Å². The molecule has 0 aliphatic rings. The molecule has 0 aromatic rings. The molecule has 0 fully saturated rings. The van der Waals surface area contributed by atoms with Gasteiger partial charge in [0.25, 0.3) is 0 Å². The van der Waals surface area contributed by atoms with Gasteiger partial charge < -0.3 is 17.4 Å². The Hall–Kier alpha value is -1.08. The van der Waals surface area contributed by atoms with Gasteiger partial charge >= 0.3 is 41.0 Å². The smallest absolute Gasteiger partial charge is 1.00 e. The molecule has 0 atom stereocenters. The second-order valence-corrected chi connectivity index (χ2v) is 4.20. The Labute approximate surface area is 144 Å². The van der Waals surface area contributed by atoms with Gasteiger partial charge in [0.15, 0.2) is 0 Å². The number of hydrogen-bond acceptors (Lipinski definition) is 5. The fourth-order valence-electron chi connectivity index (χ4n) is 1.36. The number of rotatable bonds is 11. The molecule has 0 heterocycles. The Morgan fingerprint density at radius 3 is 2.14 bits per heavy atom. The van der Waals surface area contributed by atoms with Crippen LogP contribution in [0.4, 0.5) is 0 Å². The maximum Gasteiger partial charge on any atom is 2.00 e. The molecule has 0 spiro atoms. The Balaban J connectivity index is -0.000000602. The van der Waals surface area contributed by atoms with Crippen molar-refractivity contribution < 1.29 is 31.8 Å². The van der Waals surface area contributed by atoms with Crippen molar-refractivity contribution in [2.75, 3.05) is 13.2 Å². The monoisotopic (exact) mass is 312 g/mol. The maximum atomic E-state index is 11.2. The summed E-state index contributed by atoms with van der Waals surface area (Å²) in [7, 11) is 0. The van der Waals surface area contributed by atoms with E-state index in [1.54, 1.807) is 13.0 Å². The first-order chi connectivity index (χ1) is 9.56. The number of carbonyl (C=O) groups is 3. The van der Waals surface area contributed by atoms with Gasteiger partial charge in [-0.1, -0.05) is 6.08 Å². The first-order valence-electron chi connectivity index (χ1n) is 6.73. The summed E-state index contributed by atoms with van der Waals surface area (Å²) in [5.41, 5.74) is 0. The number of hydrogen-bond donors (Lipinski definition) is 1. The summed E-state index contributed by atoms with van der Waals surface area (Å²) in [6.07, 6.45) is 5.52. The van der Waals surface area contributed by atoms with Gasteiger partial charge in [-0.15, -0.1) is 0 Å². The van der Waals surface area contributed by atoms with Crippen molar-refractivity contribution >= 4 is 41.0 Å². The molecule has 0 unspecified atom stereocenters. The normalized spacial score (nSPS) is 9.95. The molecule has 0 aliphatic carbocycles. The minimum Gasteiger partial charge on any atom is -1.00 e. The van der Waals surface area contributed by atoms with E-state index < -0.39 is 5.97 Å². The Kier molecular flexibility index (Phi) is 16.2. The molecule has 1 N–H and O–H groups in total. The average Bonchev–Trinajstić information content (AvgIpc) is 2.39. The number of ether oxygens (including phenoxy) is 2. The largest absolute Gasteiger partial charge is 2.00 e. The first kappa shape index (κ1) is 22.2. The van der Waals surface area contributed by atoms with Crippen molar-refractivity contribution in [2.45, 2.75) is 45.4 Å². The van der Waals surface area contributed by atoms with Crippen molar-refractivity contribution in [1.29, 1.82) is 0 Å². The van der Waals surface area contributed by atoms with Gasteiger partial charge in [-0.25, -0.2) is 4.79 Å². The van der Waals surface area contributed by atoms with Crippen LogP contribution in [-0.2, 0) is 23.9 Å². The van der Waals surface area contributed by atoms with E-state index in [0.717, 1.165) is 0 Å². The Morgan fingerprint density at radius 1 is 1.00 bits per heavy atom. The standard InChI is InChI=1S/C14H22O6.Mg.2H/c1-2-7-13(17)19-10-5-6-11-20-14(18)9-4-3-8-12(15)16;;;/h2,7H,3-6,8-11H2,1H3,(H,15,16);;;/q;+2;2*-1. The van der Waals surface area contributed by atoms with Crippen LogP contribution in [0.5, 0.6) is 0 Å². The van der Waals surface area contributed by atoms with E-state index in [4.69, 9.17) is 14.6 Å². The maximum absolute atomic E-state index is 11.2. The molecule has 0 saturated carbocycles. The van der Waals surface area contributed by atoms with Crippen LogP contribution in [0.25, 0.3) is 0 Å². The summed E-state index contributed by atoms with van der Waals surface area (Å²) in [5.74, 6) is -1.55. The van der Waals surface area contributed by atoms with E-state index in [-0.39, 0.29) is 50.7 Å². The fourth-order valence-corrected chi connectivity index (χ4v) is 1.36. The molecule has 0 bridgehead atoms. The molecule has 0 saturated heterocycles. The number of allylic oxidation sites excluding steroid dienone is 1. The van der Waals surface area contributed by atoms with Gasteiger partial charge in [-0.2, -0.15) is 0 Å². The van der Waals surface area contributed by atoms with E-state index >= 15 is 0 Å². The second kappa shape index (κ2) is 15.3. The van der Waals surface area contributed by atoms with Crippen LogP contribution in [0.1, 0.15) is 48.3 Å². The number of esters is 2. The SMILES string of the molecule is CC=CC(=O)OCCCCOC(=O)CCCCC(=O)O.[H-].[H-].[Mg+2]. The first-order valence-corrected chi connectivity index (χ1v) is 6.73. The van der Waals surface area contributed by atoms with Crippen molar-refractivity contribution in [3.05, 3.63) is 12.2 Å². The predicted molar refractivity (Wildman–Crippen MR) is 80.0 cm³/mol. The van der Waals surface area contributed by atoms with E-state index in [1.807, 2.05) is 0 Å². The molecule has 0 aromatic heterocycles. The zero-order chi connectivity index (χ0) is 15.2. The van der Waals surface area contributed by atoms with Gasteiger partial charge in [0.05, 0.1) is 13.2 Å². The Bertz CT molecular complexity index is 350. The third-order valence-corrected chi connectivity index (χ3v) is 2.37. The third-order valence-electron chi connectivity index (χ3n) is 2.37. The molecule has 7 heteroatoms. The molecule has 0 radical (unpaired) electrons. The van der Waals surface area contributed by atoms with Gasteiger partial charge in [0.1, 0.15) is 0 Å². The summed E-state index contributed by atoms with van der Waals surface area (Å²) in [4.78, 5) is 32.4.